The van der Waals surface area contributed by atoms with Gasteiger partial charge in [-0.25, -0.2) is 0 Å². The molecule has 0 aliphatic rings. The largest absolute Gasteiger partial charge is 0.147 e. The Bertz CT molecular complexity index is 528. The maximum Gasteiger partial charge on any atom is 0.0532 e. The maximum atomic E-state index is 3.86. The third-order valence-electron chi connectivity index (χ3n) is 3.35. The van der Waals surface area contributed by atoms with Crippen molar-refractivity contribution >= 4 is 27.3 Å². The van der Waals surface area contributed by atoms with Crippen LogP contribution in [0, 0.1) is 13.8 Å². The highest BCUT2D eigenvalue weighted by Gasteiger charge is 2.14. The third-order valence-corrected chi connectivity index (χ3v) is 5.51. The minimum Gasteiger partial charge on any atom is -0.147 e. The van der Waals surface area contributed by atoms with E-state index in [9.17, 15) is 0 Å². The van der Waals surface area contributed by atoms with Gasteiger partial charge in [-0.2, -0.15) is 0 Å². The first-order valence-electron chi connectivity index (χ1n) is 6.38. The van der Waals surface area contributed by atoms with Crippen LogP contribution in [0.4, 0.5) is 0 Å². The first-order chi connectivity index (χ1) is 8.61. The van der Waals surface area contributed by atoms with Crippen molar-refractivity contribution in [2.75, 3.05) is 0 Å². The second kappa shape index (κ2) is 6.03. The predicted molar refractivity (Wildman–Crippen MR) is 85.0 cm³/mol. The van der Waals surface area contributed by atoms with Crippen LogP contribution < -0.4 is 0 Å². The van der Waals surface area contributed by atoms with E-state index < -0.39 is 0 Å². The van der Waals surface area contributed by atoms with Crippen LogP contribution >= 0.6 is 27.3 Å². The Morgan fingerprint density at radius 3 is 2.67 bits per heavy atom. The molecule has 0 N–H and O–H groups in total. The topological polar surface area (TPSA) is 0 Å². The van der Waals surface area contributed by atoms with Crippen molar-refractivity contribution in [2.45, 2.75) is 38.4 Å². The maximum absolute atomic E-state index is 3.86. The molecule has 1 unspecified atom stereocenters. The lowest BCUT2D eigenvalue weighted by molar-refractivity contribution is 0.934. The molecular formula is C16H19BrS. The molecule has 0 radical (unpaired) electrons. The van der Waals surface area contributed by atoms with Gasteiger partial charge in [0.05, 0.1) is 4.83 Å². The number of hydrogen-bond donors (Lipinski definition) is 0. The minimum absolute atomic E-state index is 0.438. The smallest absolute Gasteiger partial charge is 0.0532 e. The van der Waals surface area contributed by atoms with Crippen molar-refractivity contribution in [3.8, 4) is 0 Å². The summed E-state index contributed by atoms with van der Waals surface area (Å²) >= 11 is 5.73. The molecular weight excluding hydrogens is 304 g/mol. The van der Waals surface area contributed by atoms with Crippen LogP contribution in [0.2, 0.25) is 0 Å². The molecule has 18 heavy (non-hydrogen) atoms. The summed E-state index contributed by atoms with van der Waals surface area (Å²) in [4.78, 5) is 1.92. The van der Waals surface area contributed by atoms with Gasteiger partial charge in [0, 0.05) is 4.88 Å². The van der Waals surface area contributed by atoms with Gasteiger partial charge >= 0.3 is 0 Å². The second-order valence-electron chi connectivity index (χ2n) is 4.77. The van der Waals surface area contributed by atoms with Gasteiger partial charge in [0.15, 0.2) is 0 Å². The van der Waals surface area contributed by atoms with Gasteiger partial charge in [0.1, 0.15) is 0 Å². The molecule has 0 nitrogen and oxygen atoms in total. The Balaban J connectivity index is 2.21. The Hall–Kier alpha value is -0.600. The predicted octanol–water partition coefficient (Wildman–Crippen LogP) is 5.61. The molecule has 96 valence electrons. The number of thiophene rings is 1. The van der Waals surface area contributed by atoms with Crippen LogP contribution in [0.1, 0.15) is 38.9 Å². The molecule has 2 aromatic rings. The standard InChI is InChI=1S/C16H19BrS/c1-4-13-7-8-18-16(13)15(17)10-14-9-11(2)5-6-12(14)3/h5-9,15H,4,10H2,1-3H3. The molecule has 1 aromatic carbocycles. The molecule has 0 saturated carbocycles. The van der Waals surface area contributed by atoms with E-state index in [4.69, 9.17) is 0 Å². The molecule has 0 amide bonds. The average Bonchev–Trinajstić information content (AvgIpc) is 2.82. The van der Waals surface area contributed by atoms with Gasteiger partial charge in [0.25, 0.3) is 0 Å². The van der Waals surface area contributed by atoms with Crippen molar-refractivity contribution in [3.05, 3.63) is 56.8 Å². The molecule has 0 spiro atoms. The van der Waals surface area contributed by atoms with E-state index >= 15 is 0 Å². The van der Waals surface area contributed by atoms with Crippen LogP contribution in [-0.2, 0) is 12.8 Å². The number of hydrogen-bond acceptors (Lipinski definition) is 1. The van der Waals surface area contributed by atoms with Gasteiger partial charge in [0.2, 0.25) is 0 Å². The summed E-state index contributed by atoms with van der Waals surface area (Å²) < 4.78 is 0. The van der Waals surface area contributed by atoms with Crippen molar-refractivity contribution in [1.29, 1.82) is 0 Å². The highest BCUT2D eigenvalue weighted by Crippen LogP contribution is 2.34. The second-order valence-corrected chi connectivity index (χ2v) is 6.82. The molecule has 0 aliphatic carbocycles. The lowest BCUT2D eigenvalue weighted by Crippen LogP contribution is -1.98. The van der Waals surface area contributed by atoms with Crippen LogP contribution in [0.3, 0.4) is 0 Å². The fourth-order valence-corrected chi connectivity index (χ4v) is 4.16. The molecule has 0 aliphatic heterocycles. The summed E-state index contributed by atoms with van der Waals surface area (Å²) in [5.74, 6) is 0. The molecule has 1 atom stereocenters. The lowest BCUT2D eigenvalue weighted by Gasteiger charge is -2.13. The quantitative estimate of drug-likeness (QED) is 0.642. The number of aryl methyl sites for hydroxylation is 3. The van der Waals surface area contributed by atoms with Crippen LogP contribution in [0.5, 0.6) is 0 Å². The van der Waals surface area contributed by atoms with Gasteiger partial charge in [-0.05, 0) is 54.8 Å². The van der Waals surface area contributed by atoms with E-state index in [0.29, 0.717) is 4.83 Å². The number of alkyl halides is 1. The van der Waals surface area contributed by atoms with Crippen LogP contribution in [-0.4, -0.2) is 0 Å². The number of rotatable bonds is 4. The van der Waals surface area contributed by atoms with Gasteiger partial charge in [-0.1, -0.05) is 46.6 Å². The zero-order valence-corrected chi connectivity index (χ0v) is 13.6. The fraction of sp³-hybridized carbons (Fsp3) is 0.375. The Morgan fingerprint density at radius 2 is 1.94 bits per heavy atom. The normalized spacial score (nSPS) is 12.7. The average molecular weight is 323 g/mol. The van der Waals surface area contributed by atoms with Crippen molar-refractivity contribution in [1.82, 2.24) is 0 Å². The van der Waals surface area contributed by atoms with E-state index in [1.165, 1.54) is 27.1 Å². The third kappa shape index (κ3) is 3.04. The first-order valence-corrected chi connectivity index (χ1v) is 8.17. The Labute approximate surface area is 122 Å². The number of benzene rings is 1. The van der Waals surface area contributed by atoms with E-state index in [1.54, 1.807) is 0 Å². The van der Waals surface area contributed by atoms with Crippen molar-refractivity contribution in [2.24, 2.45) is 0 Å². The molecule has 1 heterocycles. The monoisotopic (exact) mass is 322 g/mol. The van der Waals surface area contributed by atoms with Crippen LogP contribution in [0.25, 0.3) is 0 Å². The fourth-order valence-electron chi connectivity index (χ4n) is 2.22. The van der Waals surface area contributed by atoms with Crippen molar-refractivity contribution in [3.63, 3.8) is 0 Å². The minimum atomic E-state index is 0.438. The summed E-state index contributed by atoms with van der Waals surface area (Å²) in [6.45, 7) is 6.58. The van der Waals surface area contributed by atoms with E-state index in [2.05, 4.69) is 66.3 Å². The summed E-state index contributed by atoms with van der Waals surface area (Å²) in [6.07, 6.45) is 2.19. The Kier molecular flexibility index (Phi) is 4.63. The van der Waals surface area contributed by atoms with E-state index in [1.807, 2.05) is 11.3 Å². The Morgan fingerprint density at radius 1 is 1.17 bits per heavy atom. The van der Waals surface area contributed by atoms with Crippen LogP contribution in [0.15, 0.2) is 29.6 Å². The summed E-state index contributed by atoms with van der Waals surface area (Å²) in [7, 11) is 0. The van der Waals surface area contributed by atoms with Gasteiger partial charge < -0.3 is 0 Å². The molecule has 0 bridgehead atoms. The SMILES string of the molecule is CCc1ccsc1C(Br)Cc1cc(C)ccc1C. The first kappa shape index (κ1) is 13.8. The van der Waals surface area contributed by atoms with E-state index in [-0.39, 0.29) is 0 Å². The lowest BCUT2D eigenvalue weighted by atomic mass is 10.00. The molecule has 1 aromatic heterocycles. The zero-order valence-electron chi connectivity index (χ0n) is 11.2. The highest BCUT2D eigenvalue weighted by molar-refractivity contribution is 9.09. The molecule has 2 heteroatoms. The molecule has 0 fully saturated rings. The summed E-state index contributed by atoms with van der Waals surface area (Å²) in [5, 5.41) is 2.20. The summed E-state index contributed by atoms with van der Waals surface area (Å²) in [5.41, 5.74) is 5.66. The highest BCUT2D eigenvalue weighted by atomic mass is 79.9. The molecule has 2 rings (SSSR count). The molecule has 0 saturated heterocycles. The zero-order chi connectivity index (χ0) is 13.1. The van der Waals surface area contributed by atoms with Gasteiger partial charge in [-0.15, -0.1) is 11.3 Å². The van der Waals surface area contributed by atoms with Gasteiger partial charge in [-0.3, -0.25) is 0 Å². The van der Waals surface area contributed by atoms with Crippen molar-refractivity contribution < 1.29 is 0 Å². The van der Waals surface area contributed by atoms with E-state index in [0.717, 1.165) is 12.8 Å². The number of halogens is 1. The summed E-state index contributed by atoms with van der Waals surface area (Å²) in [6, 6.07) is 8.96.